The smallest absolute Gasteiger partial charge is 0.306 e. The van der Waals surface area contributed by atoms with Gasteiger partial charge in [0.2, 0.25) is 0 Å². The summed E-state index contributed by atoms with van der Waals surface area (Å²) in [6.45, 7) is 4.53. The number of rotatable bonds is 41. The molecular weight excluding hydrogens is 743 g/mol. The highest BCUT2D eigenvalue weighted by Crippen LogP contribution is 2.13. The number of nitrogens with zero attached hydrogens (tertiary/aromatic N) is 1. The number of likely N-dealkylation sites (N-methyl/N-ethyl adjacent to an activating group) is 1. The second-order valence-electron chi connectivity index (χ2n) is 16.3. The zero-order chi connectivity index (χ0) is 43.5. The minimum atomic E-state index is -1.64. The fourth-order valence-corrected chi connectivity index (χ4v) is 5.85. The molecule has 0 aliphatic rings. The summed E-state index contributed by atoms with van der Waals surface area (Å²) in [5.74, 6) is -2.36. The van der Waals surface area contributed by atoms with Crippen LogP contribution in [0.2, 0.25) is 0 Å². The number of carbonyl (C=O) groups is 3. The number of hydrogen-bond acceptors (Lipinski definition) is 8. The van der Waals surface area contributed by atoms with Crippen molar-refractivity contribution in [1.29, 1.82) is 0 Å². The fraction of sp³-hybridized carbons (Fsp3) is 0.700. The average molecular weight is 828 g/mol. The summed E-state index contributed by atoms with van der Waals surface area (Å²) in [5.41, 5.74) is 0. The summed E-state index contributed by atoms with van der Waals surface area (Å²) >= 11 is 0. The zero-order valence-electron chi connectivity index (χ0n) is 38.1. The monoisotopic (exact) mass is 828 g/mol. The molecule has 0 aromatic heterocycles. The molecule has 0 aromatic carbocycles. The third kappa shape index (κ3) is 42.7. The molecule has 0 bridgehead atoms. The van der Waals surface area contributed by atoms with Gasteiger partial charge in [-0.2, -0.15) is 0 Å². The van der Waals surface area contributed by atoms with Gasteiger partial charge in [0, 0.05) is 12.8 Å². The van der Waals surface area contributed by atoms with Crippen molar-refractivity contribution in [2.45, 2.75) is 180 Å². The van der Waals surface area contributed by atoms with Crippen molar-refractivity contribution >= 4 is 17.9 Å². The number of carbonyl (C=O) groups excluding carboxylic acids is 3. The van der Waals surface area contributed by atoms with E-state index in [9.17, 15) is 19.5 Å². The molecule has 0 saturated carbocycles. The third-order valence-electron chi connectivity index (χ3n) is 9.44. The SMILES string of the molecule is CC/C=C\C/C=C\C/C=C\C/C=C\CCCCC(=O)OC(COC(=O)CCCCCCCCCCC/C=C\C/C=C\CCCCC)COC(OCC[N+](C)(C)C)C(=O)[O-]. The number of unbranched alkanes of at least 4 members (excludes halogenated alkanes) is 14. The van der Waals surface area contributed by atoms with Gasteiger partial charge in [-0.15, -0.1) is 0 Å². The Balaban J connectivity index is 4.47. The topological polar surface area (TPSA) is 111 Å². The maximum absolute atomic E-state index is 12.7. The van der Waals surface area contributed by atoms with Crippen LogP contribution in [0.1, 0.15) is 168 Å². The van der Waals surface area contributed by atoms with E-state index in [4.69, 9.17) is 18.9 Å². The molecule has 9 nitrogen and oxygen atoms in total. The fourth-order valence-electron chi connectivity index (χ4n) is 5.85. The molecular formula is C50H85NO8. The third-order valence-corrected chi connectivity index (χ3v) is 9.44. The van der Waals surface area contributed by atoms with Crippen LogP contribution in [0.15, 0.2) is 72.9 Å². The Hall–Kier alpha value is -3.27. The zero-order valence-corrected chi connectivity index (χ0v) is 38.1. The largest absolute Gasteiger partial charge is 0.545 e. The van der Waals surface area contributed by atoms with Gasteiger partial charge in [0.25, 0.3) is 0 Å². The second kappa shape index (κ2) is 41.5. The Morgan fingerprint density at radius 1 is 0.525 bits per heavy atom. The average Bonchev–Trinajstić information content (AvgIpc) is 3.19. The van der Waals surface area contributed by atoms with Crippen LogP contribution in [0.4, 0.5) is 0 Å². The van der Waals surface area contributed by atoms with Crippen LogP contribution in [-0.2, 0) is 33.3 Å². The van der Waals surface area contributed by atoms with E-state index in [0.717, 1.165) is 77.0 Å². The standard InChI is InChI=1S/C50H85NO8/c1-6-8-10-12-14-16-18-20-22-23-24-25-27-28-30-32-34-36-38-40-47(52)57-44-46(45-58-50(49(54)55)56-43-42-51(3,4)5)59-48(53)41-39-37-35-33-31-29-26-21-19-17-15-13-11-9-7-2/h9,11,14-17,20-22,26,31,33,46,50H,6-8,10,12-13,18-19,23-25,27-30,32,34-45H2,1-5H3/b11-9-,16-14-,17-15-,22-20-,26-21-,33-31-. The van der Waals surface area contributed by atoms with Gasteiger partial charge in [-0.05, 0) is 83.5 Å². The number of carboxylic acid groups (broad SMARTS) is 1. The Labute approximate surface area is 360 Å². The Bertz CT molecular complexity index is 1200. The number of ether oxygens (including phenoxy) is 4. The lowest BCUT2D eigenvalue weighted by atomic mass is 10.1. The molecule has 0 radical (unpaired) electrons. The van der Waals surface area contributed by atoms with Crippen molar-refractivity contribution < 1.29 is 42.9 Å². The molecule has 0 rings (SSSR count). The first-order chi connectivity index (χ1) is 28.6. The van der Waals surface area contributed by atoms with E-state index in [0.29, 0.717) is 17.4 Å². The lowest BCUT2D eigenvalue weighted by Crippen LogP contribution is -2.44. The van der Waals surface area contributed by atoms with Crippen molar-refractivity contribution in [3.8, 4) is 0 Å². The molecule has 0 amide bonds. The van der Waals surface area contributed by atoms with Crippen molar-refractivity contribution in [3.05, 3.63) is 72.9 Å². The highest BCUT2D eigenvalue weighted by atomic mass is 16.7. The minimum absolute atomic E-state index is 0.135. The molecule has 2 atom stereocenters. The Kier molecular flexibility index (Phi) is 39.2. The molecule has 0 N–H and O–H groups in total. The summed E-state index contributed by atoms with van der Waals surface area (Å²) in [4.78, 5) is 37.0. The number of allylic oxidation sites excluding steroid dienone is 12. The molecule has 2 unspecified atom stereocenters. The van der Waals surface area contributed by atoms with E-state index in [1.54, 1.807) is 0 Å². The van der Waals surface area contributed by atoms with E-state index in [1.807, 2.05) is 21.1 Å². The molecule has 0 aliphatic carbocycles. The van der Waals surface area contributed by atoms with Crippen molar-refractivity contribution in [2.75, 3.05) is 47.5 Å². The summed E-state index contributed by atoms with van der Waals surface area (Å²) in [5, 5.41) is 11.7. The first-order valence-electron chi connectivity index (χ1n) is 23.1. The van der Waals surface area contributed by atoms with Gasteiger partial charge in [-0.1, -0.05) is 145 Å². The highest BCUT2D eigenvalue weighted by molar-refractivity contribution is 5.70. The van der Waals surface area contributed by atoms with E-state index >= 15 is 0 Å². The summed E-state index contributed by atoms with van der Waals surface area (Å²) in [7, 11) is 5.89. The number of quaternary nitrogens is 1. The van der Waals surface area contributed by atoms with E-state index in [2.05, 4.69) is 86.8 Å². The molecule has 0 saturated heterocycles. The van der Waals surface area contributed by atoms with Crippen LogP contribution >= 0.6 is 0 Å². The number of esters is 2. The van der Waals surface area contributed by atoms with Crippen LogP contribution in [0, 0.1) is 0 Å². The van der Waals surface area contributed by atoms with Crippen LogP contribution < -0.4 is 5.11 Å². The first-order valence-corrected chi connectivity index (χ1v) is 23.1. The molecule has 9 heteroatoms. The first kappa shape index (κ1) is 55.7. The maximum atomic E-state index is 12.7. The number of carboxylic acids is 1. The van der Waals surface area contributed by atoms with E-state index < -0.39 is 24.3 Å². The van der Waals surface area contributed by atoms with Crippen LogP contribution in [0.5, 0.6) is 0 Å². The van der Waals surface area contributed by atoms with Gasteiger partial charge in [-0.3, -0.25) is 9.59 Å². The lowest BCUT2D eigenvalue weighted by Gasteiger charge is -2.26. The molecule has 59 heavy (non-hydrogen) atoms. The van der Waals surface area contributed by atoms with Gasteiger partial charge in [-0.25, -0.2) is 0 Å². The van der Waals surface area contributed by atoms with Crippen molar-refractivity contribution in [3.63, 3.8) is 0 Å². The second-order valence-corrected chi connectivity index (χ2v) is 16.3. The highest BCUT2D eigenvalue weighted by Gasteiger charge is 2.21. The predicted molar refractivity (Wildman–Crippen MR) is 241 cm³/mol. The summed E-state index contributed by atoms with van der Waals surface area (Å²) < 4.78 is 22.5. The van der Waals surface area contributed by atoms with Crippen LogP contribution in [-0.4, -0.2) is 82.3 Å². The quantitative estimate of drug-likeness (QED) is 0.0197. The molecule has 0 aliphatic heterocycles. The molecule has 0 heterocycles. The Morgan fingerprint density at radius 3 is 1.47 bits per heavy atom. The normalized spacial score (nSPS) is 13.6. The van der Waals surface area contributed by atoms with Crippen molar-refractivity contribution in [1.82, 2.24) is 0 Å². The predicted octanol–water partition coefficient (Wildman–Crippen LogP) is 11.0. The minimum Gasteiger partial charge on any atom is -0.545 e. The summed E-state index contributed by atoms with van der Waals surface area (Å²) in [6, 6.07) is 0. The van der Waals surface area contributed by atoms with Gasteiger partial charge in [0.05, 0.1) is 40.3 Å². The summed E-state index contributed by atoms with van der Waals surface area (Å²) in [6.07, 6.45) is 47.9. The van der Waals surface area contributed by atoms with Gasteiger partial charge in [0.15, 0.2) is 12.4 Å². The molecule has 338 valence electrons. The van der Waals surface area contributed by atoms with Gasteiger partial charge in [0.1, 0.15) is 13.2 Å². The molecule has 0 fully saturated rings. The molecule has 0 aromatic rings. The van der Waals surface area contributed by atoms with Crippen molar-refractivity contribution in [2.24, 2.45) is 0 Å². The van der Waals surface area contributed by atoms with E-state index in [-0.39, 0.29) is 38.6 Å². The van der Waals surface area contributed by atoms with Gasteiger partial charge < -0.3 is 33.3 Å². The maximum Gasteiger partial charge on any atom is 0.306 e. The lowest BCUT2D eigenvalue weighted by molar-refractivity contribution is -0.870. The van der Waals surface area contributed by atoms with Crippen LogP contribution in [0.25, 0.3) is 0 Å². The molecule has 0 spiro atoms. The number of aliphatic carboxylic acids is 1. The Morgan fingerprint density at radius 2 is 0.966 bits per heavy atom. The number of hydrogen-bond donors (Lipinski definition) is 0. The van der Waals surface area contributed by atoms with Crippen LogP contribution in [0.3, 0.4) is 0 Å². The van der Waals surface area contributed by atoms with Gasteiger partial charge >= 0.3 is 11.9 Å². The van der Waals surface area contributed by atoms with E-state index in [1.165, 1.54) is 57.8 Å².